The maximum absolute atomic E-state index is 10.8. The lowest BCUT2D eigenvalue weighted by molar-refractivity contribution is 0.111. The first kappa shape index (κ1) is 10.2. The summed E-state index contributed by atoms with van der Waals surface area (Å²) in [7, 11) is 0. The Morgan fingerprint density at radius 2 is 2.07 bits per heavy atom. The molecule has 0 aliphatic carbocycles. The quantitative estimate of drug-likeness (QED) is 0.757. The van der Waals surface area contributed by atoms with Gasteiger partial charge in [-0.3, -0.25) is 9.36 Å². The van der Waals surface area contributed by atoms with Crippen molar-refractivity contribution in [3.63, 3.8) is 0 Å². The second-order valence-electron chi connectivity index (χ2n) is 2.85. The molecule has 0 aliphatic heterocycles. The van der Waals surface area contributed by atoms with Gasteiger partial charge < -0.3 is 0 Å². The van der Waals surface area contributed by atoms with E-state index in [9.17, 15) is 4.79 Å². The lowest BCUT2D eigenvalue weighted by atomic mass is 10.4. The van der Waals surface area contributed by atoms with Crippen molar-refractivity contribution in [1.82, 2.24) is 9.55 Å². The summed E-state index contributed by atoms with van der Waals surface area (Å²) in [5.41, 5.74) is 0.345. The lowest BCUT2D eigenvalue weighted by Crippen LogP contribution is -2.01. The summed E-state index contributed by atoms with van der Waals surface area (Å²) in [6, 6.07) is 5.04. The number of carbonyl (C=O) groups is 1. The molecule has 2 aromatic rings. The first-order valence-electron chi connectivity index (χ1n) is 4.17. The average Bonchev–Trinajstić information content (AvgIpc) is 2.60. The number of hydrogen-bond acceptors (Lipinski definition) is 2. The second kappa shape index (κ2) is 4.04. The molecular weight excluding hydrogens is 235 g/mol. The molecule has 0 bridgehead atoms. The van der Waals surface area contributed by atoms with Crippen molar-refractivity contribution in [2.24, 2.45) is 0 Å². The van der Waals surface area contributed by atoms with Gasteiger partial charge in [-0.15, -0.1) is 0 Å². The summed E-state index contributed by atoms with van der Waals surface area (Å²) in [4.78, 5) is 14.9. The third kappa shape index (κ3) is 1.76. The van der Waals surface area contributed by atoms with Gasteiger partial charge in [-0.1, -0.05) is 23.2 Å². The minimum Gasteiger partial charge on any atom is -0.296 e. The second-order valence-corrected chi connectivity index (χ2v) is 3.66. The molecule has 0 aromatic carbocycles. The number of aldehydes is 1. The van der Waals surface area contributed by atoms with E-state index in [1.165, 1.54) is 0 Å². The first-order valence-corrected chi connectivity index (χ1v) is 4.92. The molecule has 2 rings (SSSR count). The molecule has 0 atom stereocenters. The molecule has 2 heterocycles. The number of hydrogen-bond donors (Lipinski definition) is 0. The van der Waals surface area contributed by atoms with E-state index in [2.05, 4.69) is 4.98 Å². The van der Waals surface area contributed by atoms with Crippen molar-refractivity contribution in [3.05, 3.63) is 46.3 Å². The van der Waals surface area contributed by atoms with Crippen LogP contribution in [0.2, 0.25) is 10.0 Å². The Morgan fingerprint density at radius 1 is 1.27 bits per heavy atom. The van der Waals surface area contributed by atoms with Crippen molar-refractivity contribution in [2.75, 3.05) is 0 Å². The van der Waals surface area contributed by atoms with Gasteiger partial charge in [0.25, 0.3) is 0 Å². The zero-order valence-corrected chi connectivity index (χ0v) is 9.03. The van der Waals surface area contributed by atoms with E-state index in [-0.39, 0.29) is 0 Å². The van der Waals surface area contributed by atoms with Gasteiger partial charge in [0.05, 0.1) is 10.0 Å². The Bertz CT molecular complexity index is 508. The van der Waals surface area contributed by atoms with Crippen molar-refractivity contribution >= 4 is 29.5 Å². The highest BCUT2D eigenvalue weighted by molar-refractivity contribution is 6.33. The Hall–Kier alpha value is -1.32. The topological polar surface area (TPSA) is 34.9 Å². The van der Waals surface area contributed by atoms with Crippen molar-refractivity contribution in [1.29, 1.82) is 0 Å². The normalized spacial score (nSPS) is 10.3. The zero-order valence-electron chi connectivity index (χ0n) is 7.52. The molecule has 0 N–H and O–H groups in total. The molecule has 3 nitrogen and oxygen atoms in total. The molecule has 15 heavy (non-hydrogen) atoms. The van der Waals surface area contributed by atoms with E-state index in [1.54, 1.807) is 35.2 Å². The van der Waals surface area contributed by atoms with Crippen LogP contribution < -0.4 is 0 Å². The van der Waals surface area contributed by atoms with Crippen LogP contribution in [0.15, 0.2) is 30.6 Å². The van der Waals surface area contributed by atoms with Crippen LogP contribution >= 0.6 is 23.2 Å². The summed E-state index contributed by atoms with van der Waals surface area (Å²) >= 11 is 11.8. The third-order valence-electron chi connectivity index (χ3n) is 1.95. The summed E-state index contributed by atoms with van der Waals surface area (Å²) in [6.07, 6.45) is 3.93. The largest absolute Gasteiger partial charge is 0.296 e. The number of halogens is 2. The van der Waals surface area contributed by atoms with Gasteiger partial charge in [0, 0.05) is 12.4 Å². The van der Waals surface area contributed by atoms with E-state index in [4.69, 9.17) is 23.2 Å². The van der Waals surface area contributed by atoms with Crippen LogP contribution in [0.5, 0.6) is 0 Å². The molecule has 5 heteroatoms. The van der Waals surface area contributed by atoms with Crippen molar-refractivity contribution in [3.8, 4) is 5.82 Å². The minimum absolute atomic E-state index is 0.345. The Balaban J connectivity index is 2.64. The smallest absolute Gasteiger partial charge is 0.168 e. The van der Waals surface area contributed by atoms with E-state index in [0.717, 1.165) is 0 Å². The predicted molar refractivity (Wildman–Crippen MR) is 59.0 cm³/mol. The molecule has 0 spiro atoms. The van der Waals surface area contributed by atoms with Gasteiger partial charge in [-0.2, -0.15) is 0 Å². The Morgan fingerprint density at radius 3 is 2.73 bits per heavy atom. The molecule has 76 valence electrons. The van der Waals surface area contributed by atoms with Crippen LogP contribution in [0.1, 0.15) is 10.5 Å². The maximum Gasteiger partial charge on any atom is 0.168 e. The van der Waals surface area contributed by atoms with Crippen molar-refractivity contribution < 1.29 is 4.79 Å². The number of rotatable bonds is 2. The molecule has 0 radical (unpaired) electrons. The van der Waals surface area contributed by atoms with Gasteiger partial charge in [0.2, 0.25) is 0 Å². The fraction of sp³-hybridized carbons (Fsp3) is 0. The van der Waals surface area contributed by atoms with Gasteiger partial charge in [0.1, 0.15) is 5.69 Å². The maximum atomic E-state index is 10.8. The Labute approximate surface area is 96.3 Å². The van der Waals surface area contributed by atoms with Crippen LogP contribution in [0.25, 0.3) is 5.82 Å². The van der Waals surface area contributed by atoms with Gasteiger partial charge in [-0.25, -0.2) is 4.98 Å². The van der Waals surface area contributed by atoms with E-state index < -0.39 is 0 Å². The molecule has 0 aliphatic rings. The van der Waals surface area contributed by atoms with Gasteiger partial charge >= 0.3 is 0 Å². The molecule has 0 amide bonds. The third-order valence-corrected chi connectivity index (χ3v) is 2.57. The van der Waals surface area contributed by atoms with Crippen LogP contribution in [-0.4, -0.2) is 15.8 Å². The highest BCUT2D eigenvalue weighted by Gasteiger charge is 2.10. The van der Waals surface area contributed by atoms with E-state index in [1.807, 2.05) is 0 Å². The molecule has 2 aromatic heterocycles. The minimum atomic E-state index is 0.345. The molecule has 0 fully saturated rings. The highest BCUT2D eigenvalue weighted by Crippen LogP contribution is 2.23. The average molecular weight is 241 g/mol. The van der Waals surface area contributed by atoms with Crippen LogP contribution in [0.3, 0.4) is 0 Å². The summed E-state index contributed by atoms with van der Waals surface area (Å²) < 4.78 is 1.55. The SMILES string of the molecule is O=Cc1c(Cl)ccn1-c1ncccc1Cl. The fourth-order valence-electron chi connectivity index (χ4n) is 1.27. The standard InChI is InChI=1S/C10H6Cl2N2O/c11-7-3-5-14(9(7)6-15)10-8(12)2-1-4-13-10/h1-6H. The van der Waals surface area contributed by atoms with Gasteiger partial charge in [0.15, 0.2) is 12.1 Å². The number of nitrogens with zero attached hydrogens (tertiary/aromatic N) is 2. The summed E-state index contributed by atoms with van der Waals surface area (Å²) in [6.45, 7) is 0. The number of aromatic nitrogens is 2. The monoisotopic (exact) mass is 240 g/mol. The zero-order chi connectivity index (χ0) is 10.8. The first-order chi connectivity index (χ1) is 7.24. The Kier molecular flexibility index (Phi) is 2.75. The van der Waals surface area contributed by atoms with E-state index >= 15 is 0 Å². The number of carbonyl (C=O) groups excluding carboxylic acids is 1. The van der Waals surface area contributed by atoms with Crippen LogP contribution in [-0.2, 0) is 0 Å². The molecular formula is C10H6Cl2N2O. The van der Waals surface area contributed by atoms with Gasteiger partial charge in [-0.05, 0) is 18.2 Å². The van der Waals surface area contributed by atoms with Crippen LogP contribution in [0, 0.1) is 0 Å². The van der Waals surface area contributed by atoms with Crippen LogP contribution in [0.4, 0.5) is 0 Å². The summed E-state index contributed by atoms with van der Waals surface area (Å²) in [5.74, 6) is 0.494. The predicted octanol–water partition coefficient (Wildman–Crippen LogP) is 2.99. The molecule has 0 saturated carbocycles. The molecule has 0 saturated heterocycles. The number of pyridine rings is 1. The lowest BCUT2D eigenvalue weighted by Gasteiger charge is -2.05. The summed E-state index contributed by atoms with van der Waals surface area (Å²) in [5, 5.41) is 0.847. The molecule has 0 unspecified atom stereocenters. The van der Waals surface area contributed by atoms with Crippen molar-refractivity contribution in [2.45, 2.75) is 0 Å². The van der Waals surface area contributed by atoms with E-state index in [0.29, 0.717) is 27.8 Å². The highest BCUT2D eigenvalue weighted by atomic mass is 35.5. The fourth-order valence-corrected chi connectivity index (χ4v) is 1.68.